The van der Waals surface area contributed by atoms with Crippen LogP contribution in [0.25, 0.3) is 0 Å². The normalized spacial score (nSPS) is 31.5. The van der Waals surface area contributed by atoms with E-state index in [1.54, 1.807) is 0 Å². The topological polar surface area (TPSA) is 55.0 Å². The van der Waals surface area contributed by atoms with E-state index in [4.69, 9.17) is 5.73 Å². The first-order valence-corrected chi connectivity index (χ1v) is 6.96. The van der Waals surface area contributed by atoms with E-state index in [-0.39, 0.29) is 0 Å². The van der Waals surface area contributed by atoms with Crippen molar-refractivity contribution in [3.8, 4) is 0 Å². The largest absolute Gasteiger partial charge is 0.340 e. The van der Waals surface area contributed by atoms with Crippen molar-refractivity contribution in [1.82, 2.24) is 9.97 Å². The molecule has 2 aliphatic rings. The van der Waals surface area contributed by atoms with Crippen LogP contribution < -0.4 is 10.6 Å². The zero-order valence-corrected chi connectivity index (χ0v) is 11.3. The van der Waals surface area contributed by atoms with Crippen molar-refractivity contribution >= 4 is 5.95 Å². The fraction of sp³-hybridized carbons (Fsp3) is 0.714. The molecule has 1 aromatic heterocycles. The van der Waals surface area contributed by atoms with Gasteiger partial charge in [0.05, 0.1) is 0 Å². The Bertz CT molecular complexity index is 425. The predicted molar refractivity (Wildman–Crippen MR) is 72.5 cm³/mol. The van der Waals surface area contributed by atoms with Crippen LogP contribution in [0.5, 0.6) is 0 Å². The highest BCUT2D eigenvalue weighted by Gasteiger charge is 2.39. The molecule has 2 heterocycles. The van der Waals surface area contributed by atoms with Crippen molar-refractivity contribution in [2.24, 2.45) is 17.6 Å². The number of hydrogen-bond donors (Lipinski definition) is 1. The molecule has 2 fully saturated rings. The number of rotatable bonds is 1. The molecule has 1 aliphatic carbocycles. The molecule has 0 radical (unpaired) electrons. The summed E-state index contributed by atoms with van der Waals surface area (Å²) in [5.41, 5.74) is 8.36. The summed E-state index contributed by atoms with van der Waals surface area (Å²) < 4.78 is 0. The SMILES string of the molecule is Cc1cc(C)nc(N2CC3CCCC(N)C3C2)n1. The van der Waals surface area contributed by atoms with E-state index in [1.165, 1.54) is 19.3 Å². The Morgan fingerprint density at radius 2 is 1.89 bits per heavy atom. The van der Waals surface area contributed by atoms with Gasteiger partial charge < -0.3 is 10.6 Å². The molecule has 3 atom stereocenters. The number of aryl methyl sites for hydroxylation is 2. The minimum atomic E-state index is 0.375. The van der Waals surface area contributed by atoms with E-state index in [9.17, 15) is 0 Å². The van der Waals surface area contributed by atoms with Crippen LogP contribution in [0.4, 0.5) is 5.95 Å². The minimum absolute atomic E-state index is 0.375. The van der Waals surface area contributed by atoms with Gasteiger partial charge in [-0.25, -0.2) is 9.97 Å². The maximum absolute atomic E-state index is 6.25. The van der Waals surface area contributed by atoms with Crippen LogP contribution >= 0.6 is 0 Å². The Balaban J connectivity index is 1.82. The molecule has 3 rings (SSSR count). The van der Waals surface area contributed by atoms with E-state index >= 15 is 0 Å². The molecule has 1 saturated carbocycles. The van der Waals surface area contributed by atoms with Crippen LogP contribution in [0, 0.1) is 25.7 Å². The standard InChI is InChI=1S/C14H22N4/c1-9-6-10(2)17-14(16-9)18-7-11-4-3-5-13(15)12(11)8-18/h6,11-13H,3-5,7-8,15H2,1-2H3. The van der Waals surface area contributed by atoms with Gasteiger partial charge in [-0.1, -0.05) is 6.42 Å². The summed E-state index contributed by atoms with van der Waals surface area (Å²) in [6.07, 6.45) is 3.78. The van der Waals surface area contributed by atoms with Gasteiger partial charge in [0.1, 0.15) is 0 Å². The third-order valence-corrected chi connectivity index (χ3v) is 4.41. The molecule has 3 unspecified atom stereocenters. The van der Waals surface area contributed by atoms with Crippen molar-refractivity contribution in [3.05, 3.63) is 17.5 Å². The molecule has 4 heteroatoms. The summed E-state index contributed by atoms with van der Waals surface area (Å²) in [5.74, 6) is 2.29. The summed E-state index contributed by atoms with van der Waals surface area (Å²) in [4.78, 5) is 11.5. The van der Waals surface area contributed by atoms with Crippen LogP contribution in [0.1, 0.15) is 30.7 Å². The summed E-state index contributed by atoms with van der Waals surface area (Å²) in [6.45, 7) is 6.19. The Morgan fingerprint density at radius 3 is 2.56 bits per heavy atom. The molecule has 1 aliphatic heterocycles. The van der Waals surface area contributed by atoms with Crippen molar-refractivity contribution < 1.29 is 0 Å². The third-order valence-electron chi connectivity index (χ3n) is 4.41. The first-order valence-electron chi connectivity index (χ1n) is 6.96. The van der Waals surface area contributed by atoms with Crippen molar-refractivity contribution in [2.75, 3.05) is 18.0 Å². The van der Waals surface area contributed by atoms with Crippen LogP contribution in [0.2, 0.25) is 0 Å². The molecule has 2 N–H and O–H groups in total. The summed E-state index contributed by atoms with van der Waals surface area (Å²) in [7, 11) is 0. The van der Waals surface area contributed by atoms with Crippen LogP contribution in [-0.4, -0.2) is 29.1 Å². The number of hydrogen-bond acceptors (Lipinski definition) is 4. The number of anilines is 1. The highest BCUT2D eigenvalue weighted by atomic mass is 15.3. The van der Waals surface area contributed by atoms with E-state index in [0.29, 0.717) is 12.0 Å². The molecule has 18 heavy (non-hydrogen) atoms. The van der Waals surface area contributed by atoms with Gasteiger partial charge in [-0.3, -0.25) is 0 Å². The smallest absolute Gasteiger partial charge is 0.225 e. The van der Waals surface area contributed by atoms with Gasteiger partial charge in [0, 0.05) is 30.5 Å². The van der Waals surface area contributed by atoms with E-state index < -0.39 is 0 Å². The molecule has 0 spiro atoms. The lowest BCUT2D eigenvalue weighted by Crippen LogP contribution is -2.38. The van der Waals surface area contributed by atoms with Crippen LogP contribution in [-0.2, 0) is 0 Å². The number of aromatic nitrogens is 2. The van der Waals surface area contributed by atoms with Gasteiger partial charge in [-0.2, -0.15) is 0 Å². The monoisotopic (exact) mass is 246 g/mol. The molecule has 98 valence electrons. The number of nitrogens with two attached hydrogens (primary N) is 1. The Hall–Kier alpha value is -1.16. The van der Waals surface area contributed by atoms with Crippen molar-refractivity contribution in [3.63, 3.8) is 0 Å². The highest BCUT2D eigenvalue weighted by molar-refractivity contribution is 5.34. The van der Waals surface area contributed by atoms with Crippen LogP contribution in [0.15, 0.2) is 6.07 Å². The first-order chi connectivity index (χ1) is 8.63. The molecular weight excluding hydrogens is 224 g/mol. The number of nitrogens with zero attached hydrogens (tertiary/aromatic N) is 3. The first kappa shape index (κ1) is 11.9. The van der Waals surface area contributed by atoms with Gasteiger partial charge >= 0.3 is 0 Å². The Morgan fingerprint density at radius 1 is 1.17 bits per heavy atom. The zero-order valence-electron chi connectivity index (χ0n) is 11.3. The fourth-order valence-corrected chi connectivity index (χ4v) is 3.53. The van der Waals surface area contributed by atoms with Gasteiger partial charge in [-0.05, 0) is 44.6 Å². The van der Waals surface area contributed by atoms with Gasteiger partial charge in [-0.15, -0.1) is 0 Å². The van der Waals surface area contributed by atoms with Crippen molar-refractivity contribution in [1.29, 1.82) is 0 Å². The lowest BCUT2D eigenvalue weighted by Gasteiger charge is -2.29. The second-order valence-corrected chi connectivity index (χ2v) is 5.87. The fourth-order valence-electron chi connectivity index (χ4n) is 3.53. The molecular formula is C14H22N4. The quantitative estimate of drug-likeness (QED) is 0.818. The zero-order chi connectivity index (χ0) is 12.7. The summed E-state index contributed by atoms with van der Waals surface area (Å²) >= 11 is 0. The number of fused-ring (bicyclic) bond motifs is 1. The van der Waals surface area contributed by atoms with Crippen molar-refractivity contribution in [2.45, 2.75) is 39.2 Å². The van der Waals surface area contributed by atoms with Gasteiger partial charge in [0.25, 0.3) is 0 Å². The lowest BCUT2D eigenvalue weighted by molar-refractivity contribution is 0.260. The Labute approximate surface area is 109 Å². The molecule has 4 nitrogen and oxygen atoms in total. The van der Waals surface area contributed by atoms with E-state index in [1.807, 2.05) is 19.9 Å². The maximum Gasteiger partial charge on any atom is 0.225 e. The third kappa shape index (κ3) is 2.09. The minimum Gasteiger partial charge on any atom is -0.340 e. The second kappa shape index (κ2) is 4.50. The molecule has 0 aromatic carbocycles. The van der Waals surface area contributed by atoms with E-state index in [2.05, 4.69) is 14.9 Å². The Kier molecular flexibility index (Phi) is 2.98. The molecule has 1 saturated heterocycles. The van der Waals surface area contributed by atoms with Gasteiger partial charge in [0.15, 0.2) is 0 Å². The lowest BCUT2D eigenvalue weighted by atomic mass is 9.78. The van der Waals surface area contributed by atoms with Gasteiger partial charge in [0.2, 0.25) is 5.95 Å². The summed E-state index contributed by atoms with van der Waals surface area (Å²) in [5, 5.41) is 0. The average molecular weight is 246 g/mol. The second-order valence-electron chi connectivity index (χ2n) is 5.87. The van der Waals surface area contributed by atoms with Crippen LogP contribution in [0.3, 0.4) is 0 Å². The molecule has 0 bridgehead atoms. The maximum atomic E-state index is 6.25. The predicted octanol–water partition coefficient (Wildman–Crippen LogP) is 1.66. The molecule has 1 aromatic rings. The summed E-state index contributed by atoms with van der Waals surface area (Å²) in [6, 6.07) is 2.40. The molecule has 0 amide bonds. The average Bonchev–Trinajstić information content (AvgIpc) is 2.73. The highest BCUT2D eigenvalue weighted by Crippen LogP contribution is 2.36. The van der Waals surface area contributed by atoms with E-state index in [0.717, 1.165) is 36.3 Å².